The molecule has 0 aromatic rings. The highest BCUT2D eigenvalue weighted by Gasteiger charge is 2.24. The molecule has 2 unspecified atom stereocenters. The summed E-state index contributed by atoms with van der Waals surface area (Å²) in [7, 11) is 0. The summed E-state index contributed by atoms with van der Waals surface area (Å²) >= 11 is 0. The first kappa shape index (κ1) is 12.9. The number of rotatable bonds is 6. The molecule has 2 atom stereocenters. The van der Waals surface area contributed by atoms with E-state index in [1.807, 2.05) is 20.8 Å². The largest absolute Gasteiger partial charge is 0.394 e. The lowest BCUT2D eigenvalue weighted by atomic mass is 10.0. The fourth-order valence-electron chi connectivity index (χ4n) is 1.02. The van der Waals surface area contributed by atoms with Gasteiger partial charge in [0.25, 0.3) is 0 Å². The van der Waals surface area contributed by atoms with E-state index < -0.39 is 0 Å². The van der Waals surface area contributed by atoms with E-state index in [1.54, 1.807) is 0 Å². The van der Waals surface area contributed by atoms with E-state index >= 15 is 0 Å². The quantitative estimate of drug-likeness (QED) is 0.662. The van der Waals surface area contributed by atoms with Crippen molar-refractivity contribution < 1.29 is 9.84 Å². The standard InChI is InChI=1S/C10H23NO2/c1-5-8(11)9(7-12)13-10(3,4)6-2/h8-9,12H,5-7,11H2,1-4H3. The summed E-state index contributed by atoms with van der Waals surface area (Å²) in [5.41, 5.74) is 5.61. The monoisotopic (exact) mass is 189 g/mol. The van der Waals surface area contributed by atoms with E-state index in [1.165, 1.54) is 0 Å². The molecule has 0 bridgehead atoms. The molecule has 80 valence electrons. The Morgan fingerprint density at radius 1 is 1.38 bits per heavy atom. The number of nitrogens with two attached hydrogens (primary N) is 1. The van der Waals surface area contributed by atoms with Gasteiger partial charge in [0.2, 0.25) is 0 Å². The van der Waals surface area contributed by atoms with Crippen molar-refractivity contribution in [2.45, 2.75) is 58.3 Å². The molecule has 3 nitrogen and oxygen atoms in total. The molecule has 0 rings (SSSR count). The third kappa shape index (κ3) is 4.60. The second-order valence-corrected chi connectivity index (χ2v) is 4.02. The lowest BCUT2D eigenvalue weighted by molar-refractivity contribution is -0.101. The molecule has 13 heavy (non-hydrogen) atoms. The number of hydrogen-bond acceptors (Lipinski definition) is 3. The van der Waals surface area contributed by atoms with Crippen LogP contribution in [0.4, 0.5) is 0 Å². The Morgan fingerprint density at radius 2 is 1.92 bits per heavy atom. The van der Waals surface area contributed by atoms with Crippen LogP contribution < -0.4 is 5.73 Å². The Labute approximate surface area is 81.3 Å². The molecular weight excluding hydrogens is 166 g/mol. The maximum atomic E-state index is 9.08. The topological polar surface area (TPSA) is 55.5 Å². The van der Waals surface area contributed by atoms with Crippen LogP contribution in [0.3, 0.4) is 0 Å². The van der Waals surface area contributed by atoms with E-state index in [0.717, 1.165) is 12.8 Å². The maximum absolute atomic E-state index is 9.08. The summed E-state index contributed by atoms with van der Waals surface area (Å²) < 4.78 is 5.71. The summed E-state index contributed by atoms with van der Waals surface area (Å²) in [5, 5.41) is 9.08. The Balaban J connectivity index is 4.11. The molecule has 0 heterocycles. The van der Waals surface area contributed by atoms with Crippen LogP contribution in [0.2, 0.25) is 0 Å². The van der Waals surface area contributed by atoms with Gasteiger partial charge in [-0.2, -0.15) is 0 Å². The zero-order chi connectivity index (χ0) is 10.5. The van der Waals surface area contributed by atoms with Gasteiger partial charge in [-0.3, -0.25) is 0 Å². The average molecular weight is 189 g/mol. The highest BCUT2D eigenvalue weighted by atomic mass is 16.5. The molecular formula is C10H23NO2. The Morgan fingerprint density at radius 3 is 2.23 bits per heavy atom. The van der Waals surface area contributed by atoms with Gasteiger partial charge in [-0.05, 0) is 26.7 Å². The van der Waals surface area contributed by atoms with Gasteiger partial charge in [0.05, 0.1) is 18.3 Å². The van der Waals surface area contributed by atoms with Gasteiger partial charge in [0.1, 0.15) is 0 Å². The van der Waals surface area contributed by atoms with E-state index in [4.69, 9.17) is 15.6 Å². The van der Waals surface area contributed by atoms with Crippen LogP contribution in [0, 0.1) is 0 Å². The predicted molar refractivity (Wildman–Crippen MR) is 54.6 cm³/mol. The van der Waals surface area contributed by atoms with Gasteiger partial charge < -0.3 is 15.6 Å². The molecule has 3 heteroatoms. The molecule has 0 fully saturated rings. The second-order valence-electron chi connectivity index (χ2n) is 4.02. The van der Waals surface area contributed by atoms with Crippen molar-refractivity contribution >= 4 is 0 Å². The minimum Gasteiger partial charge on any atom is -0.394 e. The molecule has 0 saturated heterocycles. The maximum Gasteiger partial charge on any atom is 0.0963 e. The zero-order valence-corrected chi connectivity index (χ0v) is 9.21. The first-order chi connectivity index (χ1) is 5.96. The van der Waals surface area contributed by atoms with Crippen molar-refractivity contribution in [3.63, 3.8) is 0 Å². The van der Waals surface area contributed by atoms with Crippen molar-refractivity contribution in [1.82, 2.24) is 0 Å². The molecule has 3 N–H and O–H groups in total. The molecule has 0 spiro atoms. The van der Waals surface area contributed by atoms with E-state index in [-0.39, 0.29) is 24.4 Å². The average Bonchev–Trinajstić information content (AvgIpc) is 2.13. The molecule has 0 aliphatic rings. The molecule has 0 aliphatic carbocycles. The van der Waals surface area contributed by atoms with Crippen molar-refractivity contribution in [3.05, 3.63) is 0 Å². The minimum absolute atomic E-state index is 0.00155. The number of ether oxygens (including phenoxy) is 1. The highest BCUT2D eigenvalue weighted by molar-refractivity contribution is 4.76. The second kappa shape index (κ2) is 5.58. The Kier molecular flexibility index (Phi) is 5.53. The molecule has 0 aliphatic heterocycles. The Bertz CT molecular complexity index is 137. The van der Waals surface area contributed by atoms with Crippen LogP contribution in [-0.4, -0.2) is 29.5 Å². The van der Waals surface area contributed by atoms with Crippen LogP contribution in [0.5, 0.6) is 0 Å². The van der Waals surface area contributed by atoms with Gasteiger partial charge in [-0.15, -0.1) is 0 Å². The smallest absolute Gasteiger partial charge is 0.0963 e. The van der Waals surface area contributed by atoms with Gasteiger partial charge in [-0.1, -0.05) is 13.8 Å². The fraction of sp³-hybridized carbons (Fsp3) is 1.00. The van der Waals surface area contributed by atoms with Gasteiger partial charge in [0, 0.05) is 6.04 Å². The van der Waals surface area contributed by atoms with Crippen molar-refractivity contribution in [1.29, 1.82) is 0 Å². The molecule has 0 aromatic carbocycles. The number of hydrogen-bond donors (Lipinski definition) is 2. The summed E-state index contributed by atoms with van der Waals surface area (Å²) in [6, 6.07) is -0.0733. The fourth-order valence-corrected chi connectivity index (χ4v) is 1.02. The van der Waals surface area contributed by atoms with E-state index in [2.05, 4.69) is 6.92 Å². The van der Waals surface area contributed by atoms with Crippen molar-refractivity contribution in [3.8, 4) is 0 Å². The lowest BCUT2D eigenvalue weighted by Gasteiger charge is -2.31. The van der Waals surface area contributed by atoms with Crippen LogP contribution in [-0.2, 0) is 4.74 Å². The first-order valence-electron chi connectivity index (χ1n) is 5.01. The van der Waals surface area contributed by atoms with E-state index in [0.29, 0.717) is 0 Å². The molecule has 0 radical (unpaired) electrons. The minimum atomic E-state index is -0.236. The summed E-state index contributed by atoms with van der Waals surface area (Å²) in [6.07, 6.45) is 1.50. The van der Waals surface area contributed by atoms with Gasteiger partial charge in [0.15, 0.2) is 0 Å². The highest BCUT2D eigenvalue weighted by Crippen LogP contribution is 2.17. The molecule has 0 amide bonds. The van der Waals surface area contributed by atoms with E-state index in [9.17, 15) is 0 Å². The summed E-state index contributed by atoms with van der Waals surface area (Å²) in [4.78, 5) is 0. The van der Waals surface area contributed by atoms with Crippen LogP contribution in [0.15, 0.2) is 0 Å². The molecule has 0 aromatic heterocycles. The lowest BCUT2D eigenvalue weighted by Crippen LogP contribution is -2.44. The van der Waals surface area contributed by atoms with Gasteiger partial charge in [-0.25, -0.2) is 0 Å². The van der Waals surface area contributed by atoms with Crippen molar-refractivity contribution in [2.24, 2.45) is 5.73 Å². The number of aliphatic hydroxyl groups is 1. The molecule has 0 saturated carbocycles. The first-order valence-corrected chi connectivity index (χ1v) is 5.01. The normalized spacial score (nSPS) is 17.1. The Hall–Kier alpha value is -0.120. The van der Waals surface area contributed by atoms with Crippen LogP contribution in [0.1, 0.15) is 40.5 Å². The zero-order valence-electron chi connectivity index (χ0n) is 9.21. The van der Waals surface area contributed by atoms with Crippen LogP contribution in [0.25, 0.3) is 0 Å². The third-order valence-corrected chi connectivity index (χ3v) is 2.45. The van der Waals surface area contributed by atoms with Gasteiger partial charge >= 0.3 is 0 Å². The summed E-state index contributed by atoms with van der Waals surface area (Å²) in [6.45, 7) is 8.08. The SMILES string of the molecule is CCC(N)C(CO)OC(C)(C)CC. The van der Waals surface area contributed by atoms with Crippen molar-refractivity contribution in [2.75, 3.05) is 6.61 Å². The summed E-state index contributed by atoms with van der Waals surface area (Å²) in [5.74, 6) is 0. The van der Waals surface area contributed by atoms with Crippen LogP contribution >= 0.6 is 0 Å². The third-order valence-electron chi connectivity index (χ3n) is 2.45. The number of aliphatic hydroxyl groups excluding tert-OH is 1. The predicted octanol–water partition coefficient (Wildman–Crippen LogP) is 1.29.